The molecule has 5 rings (SSSR count). The highest BCUT2D eigenvalue weighted by atomic mass is 32.1. The average molecular weight is 447 g/mol. The molecule has 2 N–H and O–H groups in total. The second-order valence-electron chi connectivity index (χ2n) is 7.29. The summed E-state index contributed by atoms with van der Waals surface area (Å²) in [4.78, 5) is 23.7. The number of carbonyl (C=O) groups excluding carboxylic acids is 1. The first-order valence-corrected chi connectivity index (χ1v) is 10.5. The van der Waals surface area contributed by atoms with Gasteiger partial charge in [-0.1, -0.05) is 29.5 Å². The molecule has 0 saturated carbocycles. The summed E-state index contributed by atoms with van der Waals surface area (Å²) in [7, 11) is 1.54. The van der Waals surface area contributed by atoms with Crippen LogP contribution in [0.4, 0.5) is 24.7 Å². The molecule has 2 aliphatic rings. The normalized spacial score (nSPS) is 19.9. The van der Waals surface area contributed by atoms with Crippen molar-refractivity contribution in [1.82, 2.24) is 15.3 Å². The Hall–Kier alpha value is -3.05. The molecule has 162 valence electrons. The number of hydrogen-bond acceptors (Lipinski definition) is 7. The molecule has 2 aromatic heterocycles. The SMILES string of the molecule is CNC(=O)Nc1nc2c(s1)C1COCC(C2)N1c1ncc(-c2cccc(C(F)F)c2)o1. The van der Waals surface area contributed by atoms with E-state index in [0.29, 0.717) is 42.1 Å². The predicted octanol–water partition coefficient (Wildman–Crippen LogP) is 3.99. The number of ether oxygens (including phenoxy) is 1. The summed E-state index contributed by atoms with van der Waals surface area (Å²) in [6.45, 7) is 0.925. The van der Waals surface area contributed by atoms with E-state index in [4.69, 9.17) is 9.15 Å². The van der Waals surface area contributed by atoms with Gasteiger partial charge in [0.1, 0.15) is 0 Å². The van der Waals surface area contributed by atoms with Crippen LogP contribution in [-0.2, 0) is 11.2 Å². The summed E-state index contributed by atoms with van der Waals surface area (Å²) in [6, 6.07) is 5.99. The summed E-state index contributed by atoms with van der Waals surface area (Å²) in [5.74, 6) is 0.425. The summed E-state index contributed by atoms with van der Waals surface area (Å²) in [5.41, 5.74) is 1.41. The van der Waals surface area contributed by atoms with Gasteiger partial charge in [-0.3, -0.25) is 5.32 Å². The zero-order valence-electron chi connectivity index (χ0n) is 16.5. The van der Waals surface area contributed by atoms with Gasteiger partial charge < -0.3 is 19.4 Å². The van der Waals surface area contributed by atoms with E-state index < -0.39 is 6.43 Å². The van der Waals surface area contributed by atoms with E-state index in [-0.39, 0.29) is 23.7 Å². The molecule has 0 aliphatic carbocycles. The fraction of sp³-hybridized carbons (Fsp3) is 0.350. The van der Waals surface area contributed by atoms with E-state index in [1.165, 1.54) is 23.5 Å². The summed E-state index contributed by atoms with van der Waals surface area (Å²) >= 11 is 1.40. The molecular formula is C20H19F2N5O3S. The van der Waals surface area contributed by atoms with Gasteiger partial charge in [-0.25, -0.2) is 23.5 Å². The number of anilines is 2. The number of alkyl halides is 2. The monoisotopic (exact) mass is 447 g/mol. The van der Waals surface area contributed by atoms with Gasteiger partial charge in [-0.15, -0.1) is 0 Å². The van der Waals surface area contributed by atoms with Gasteiger partial charge in [-0.2, -0.15) is 0 Å². The van der Waals surface area contributed by atoms with Crippen molar-refractivity contribution in [3.05, 3.63) is 46.6 Å². The minimum absolute atomic E-state index is 0.0277. The molecule has 0 spiro atoms. The maximum atomic E-state index is 13.1. The number of hydrogen-bond donors (Lipinski definition) is 2. The number of benzene rings is 1. The first kappa shape index (κ1) is 19.9. The Bertz CT molecular complexity index is 1120. The smallest absolute Gasteiger partial charge is 0.320 e. The number of nitrogens with one attached hydrogen (secondary N) is 2. The quantitative estimate of drug-likeness (QED) is 0.628. The number of nitrogens with zero attached hydrogens (tertiary/aromatic N) is 3. The summed E-state index contributed by atoms with van der Waals surface area (Å²) < 4.78 is 37.9. The van der Waals surface area contributed by atoms with Crippen LogP contribution in [0, 0.1) is 0 Å². The van der Waals surface area contributed by atoms with Crippen molar-refractivity contribution in [2.24, 2.45) is 0 Å². The Morgan fingerprint density at radius 3 is 3.03 bits per heavy atom. The van der Waals surface area contributed by atoms with Crippen LogP contribution in [-0.4, -0.2) is 42.3 Å². The average Bonchev–Trinajstić information content (AvgIpc) is 3.40. The number of carbonyl (C=O) groups is 1. The molecule has 2 bridgehead atoms. The van der Waals surface area contributed by atoms with Crippen LogP contribution in [0.25, 0.3) is 11.3 Å². The third-order valence-electron chi connectivity index (χ3n) is 5.36. The number of amides is 2. The second kappa shape index (κ2) is 7.89. The molecule has 31 heavy (non-hydrogen) atoms. The van der Waals surface area contributed by atoms with Crippen LogP contribution in [0.2, 0.25) is 0 Å². The van der Waals surface area contributed by atoms with Crippen LogP contribution < -0.4 is 15.5 Å². The molecule has 2 aliphatic heterocycles. The van der Waals surface area contributed by atoms with E-state index in [0.717, 1.165) is 10.6 Å². The molecule has 2 unspecified atom stereocenters. The Kier molecular flexibility index (Phi) is 5.06. The van der Waals surface area contributed by atoms with Crippen molar-refractivity contribution in [3.63, 3.8) is 0 Å². The standard InChI is InChI=1S/C20H19F2N5O3S/c1-23-18(28)26-19-25-13-6-12-8-29-9-14(16(13)31-19)27(12)20-24-7-15(30-20)10-3-2-4-11(5-10)17(21)22/h2-5,7,12,14,17H,6,8-9H2,1H3,(H2,23,25,26,28). The maximum absolute atomic E-state index is 13.1. The van der Waals surface area contributed by atoms with Crippen molar-refractivity contribution in [2.75, 3.05) is 30.5 Å². The lowest BCUT2D eigenvalue weighted by atomic mass is 9.97. The highest BCUT2D eigenvalue weighted by molar-refractivity contribution is 7.16. The van der Waals surface area contributed by atoms with Crippen LogP contribution >= 0.6 is 11.3 Å². The molecule has 3 aromatic rings. The first-order chi connectivity index (χ1) is 15.0. The number of halogens is 2. The lowest BCUT2D eigenvalue weighted by molar-refractivity contribution is 0.0578. The number of fused-ring (bicyclic) bond motifs is 4. The molecule has 0 radical (unpaired) electrons. The fourth-order valence-electron chi connectivity index (χ4n) is 3.93. The van der Waals surface area contributed by atoms with Crippen LogP contribution in [0.5, 0.6) is 0 Å². The molecule has 2 amide bonds. The molecule has 1 saturated heterocycles. The van der Waals surface area contributed by atoms with Crippen LogP contribution in [0.1, 0.15) is 28.6 Å². The summed E-state index contributed by atoms with van der Waals surface area (Å²) in [6.07, 6.45) is -0.378. The Labute approximate surface area is 180 Å². The molecule has 1 aromatic carbocycles. The molecular weight excluding hydrogens is 428 g/mol. The van der Waals surface area contributed by atoms with Crippen molar-refractivity contribution in [2.45, 2.75) is 24.9 Å². The first-order valence-electron chi connectivity index (χ1n) is 9.72. The summed E-state index contributed by atoms with van der Waals surface area (Å²) in [5, 5.41) is 5.76. The van der Waals surface area contributed by atoms with Gasteiger partial charge in [0.15, 0.2) is 10.9 Å². The number of rotatable bonds is 4. The highest BCUT2D eigenvalue weighted by Crippen LogP contribution is 2.43. The number of morpholine rings is 1. The molecule has 8 nitrogen and oxygen atoms in total. The Morgan fingerprint density at radius 2 is 2.23 bits per heavy atom. The zero-order chi connectivity index (χ0) is 21.5. The van der Waals surface area contributed by atoms with E-state index in [1.807, 2.05) is 0 Å². The number of urea groups is 1. The van der Waals surface area contributed by atoms with E-state index >= 15 is 0 Å². The minimum atomic E-state index is -2.55. The predicted molar refractivity (Wildman–Crippen MR) is 111 cm³/mol. The fourth-order valence-corrected chi connectivity index (χ4v) is 5.00. The lowest BCUT2D eigenvalue weighted by Gasteiger charge is -2.43. The van der Waals surface area contributed by atoms with Gasteiger partial charge >= 0.3 is 6.03 Å². The molecule has 2 atom stereocenters. The molecule has 4 heterocycles. The number of thiazole rings is 1. The van der Waals surface area contributed by atoms with Gasteiger partial charge in [-0.05, 0) is 6.07 Å². The van der Waals surface area contributed by atoms with Gasteiger partial charge in [0.2, 0.25) is 0 Å². The van der Waals surface area contributed by atoms with Gasteiger partial charge in [0, 0.05) is 24.6 Å². The lowest BCUT2D eigenvalue weighted by Crippen LogP contribution is -2.51. The third-order valence-corrected chi connectivity index (χ3v) is 6.47. The van der Waals surface area contributed by atoms with Gasteiger partial charge in [0.05, 0.1) is 42.1 Å². The van der Waals surface area contributed by atoms with Crippen LogP contribution in [0.15, 0.2) is 34.9 Å². The van der Waals surface area contributed by atoms with E-state index in [1.54, 1.807) is 25.4 Å². The van der Waals surface area contributed by atoms with E-state index in [2.05, 4.69) is 25.5 Å². The number of aromatic nitrogens is 2. The van der Waals surface area contributed by atoms with Crippen molar-refractivity contribution in [1.29, 1.82) is 0 Å². The topological polar surface area (TPSA) is 92.5 Å². The van der Waals surface area contributed by atoms with Gasteiger partial charge in [0.25, 0.3) is 12.4 Å². The highest BCUT2D eigenvalue weighted by Gasteiger charge is 2.42. The third kappa shape index (κ3) is 3.63. The maximum Gasteiger partial charge on any atom is 0.320 e. The van der Waals surface area contributed by atoms with Crippen molar-refractivity contribution in [3.8, 4) is 11.3 Å². The Balaban J connectivity index is 1.45. The number of oxazole rings is 1. The Morgan fingerprint density at radius 1 is 1.35 bits per heavy atom. The van der Waals surface area contributed by atoms with E-state index in [9.17, 15) is 13.6 Å². The zero-order valence-corrected chi connectivity index (χ0v) is 17.3. The van der Waals surface area contributed by atoms with Crippen LogP contribution in [0.3, 0.4) is 0 Å². The minimum Gasteiger partial charge on any atom is -0.423 e. The molecule has 1 fully saturated rings. The molecule has 11 heteroatoms. The van der Waals surface area contributed by atoms with Crippen molar-refractivity contribution < 1.29 is 22.7 Å². The van der Waals surface area contributed by atoms with Crippen molar-refractivity contribution >= 4 is 28.5 Å². The largest absolute Gasteiger partial charge is 0.423 e. The second-order valence-corrected chi connectivity index (χ2v) is 8.32.